The molecular formula is C14H12F2N4O3. The summed E-state index contributed by atoms with van der Waals surface area (Å²) in [4.78, 5) is 22.9. The van der Waals surface area contributed by atoms with Gasteiger partial charge in [-0.3, -0.25) is 14.9 Å². The Morgan fingerprint density at radius 3 is 2.78 bits per heavy atom. The highest BCUT2D eigenvalue weighted by atomic mass is 19.1. The van der Waals surface area contributed by atoms with Crippen LogP contribution in [0.15, 0.2) is 18.3 Å². The lowest BCUT2D eigenvalue weighted by atomic mass is 10.1. The zero-order valence-electron chi connectivity index (χ0n) is 12.1. The zero-order chi connectivity index (χ0) is 16.7. The predicted octanol–water partition coefficient (Wildman–Crippen LogP) is 1.96. The van der Waals surface area contributed by atoms with Gasteiger partial charge in [0, 0.05) is 44.3 Å². The molecule has 0 spiro atoms. The van der Waals surface area contributed by atoms with Gasteiger partial charge < -0.3 is 4.90 Å². The van der Waals surface area contributed by atoms with E-state index in [1.807, 2.05) is 0 Å². The minimum absolute atomic E-state index is 0.101. The maximum atomic E-state index is 14.2. The Labute approximate surface area is 129 Å². The van der Waals surface area contributed by atoms with Crippen LogP contribution in [-0.4, -0.2) is 32.1 Å². The fraction of sp³-hybridized carbons (Fsp3) is 0.286. The first kappa shape index (κ1) is 15.1. The van der Waals surface area contributed by atoms with Gasteiger partial charge in [0.05, 0.1) is 10.6 Å². The molecule has 2 aromatic rings. The van der Waals surface area contributed by atoms with Gasteiger partial charge >= 0.3 is 5.69 Å². The lowest BCUT2D eigenvalue weighted by Gasteiger charge is -2.24. The van der Waals surface area contributed by atoms with Gasteiger partial charge in [0.15, 0.2) is 5.82 Å². The van der Waals surface area contributed by atoms with Gasteiger partial charge in [0.1, 0.15) is 5.69 Å². The molecule has 0 radical (unpaired) electrons. The number of nitro benzene ring substituents is 1. The van der Waals surface area contributed by atoms with E-state index < -0.39 is 27.9 Å². The van der Waals surface area contributed by atoms with E-state index in [0.717, 1.165) is 16.8 Å². The van der Waals surface area contributed by atoms with Crippen LogP contribution in [-0.2, 0) is 17.8 Å². The average Bonchev–Trinajstić information content (AvgIpc) is 2.89. The summed E-state index contributed by atoms with van der Waals surface area (Å²) in [5, 5.41) is 14.9. The molecule has 1 aromatic carbocycles. The van der Waals surface area contributed by atoms with Crippen molar-refractivity contribution in [1.29, 1.82) is 0 Å². The number of carbonyl (C=O) groups is 1. The first-order chi connectivity index (χ1) is 10.9. The van der Waals surface area contributed by atoms with Gasteiger partial charge in [0.25, 0.3) is 0 Å². The van der Waals surface area contributed by atoms with Gasteiger partial charge in [-0.25, -0.2) is 9.07 Å². The fourth-order valence-corrected chi connectivity index (χ4v) is 2.58. The van der Waals surface area contributed by atoms with Crippen molar-refractivity contribution >= 4 is 11.6 Å². The fourth-order valence-electron chi connectivity index (χ4n) is 2.58. The van der Waals surface area contributed by atoms with E-state index in [2.05, 4.69) is 5.10 Å². The van der Waals surface area contributed by atoms with Crippen LogP contribution in [0.5, 0.6) is 0 Å². The summed E-state index contributed by atoms with van der Waals surface area (Å²) in [5.74, 6) is -2.33. The number of hydrogen-bond acceptors (Lipinski definition) is 4. The number of nitro groups is 1. The van der Waals surface area contributed by atoms with E-state index in [-0.39, 0.29) is 5.91 Å². The van der Waals surface area contributed by atoms with E-state index in [9.17, 15) is 23.7 Å². The molecule has 0 unspecified atom stereocenters. The first-order valence-electron chi connectivity index (χ1n) is 6.84. The smallest absolute Gasteiger partial charge is 0.307 e. The lowest BCUT2D eigenvalue weighted by molar-refractivity contribution is -0.387. The number of rotatable bonds is 2. The second-order valence-electron chi connectivity index (χ2n) is 5.22. The number of amides is 1. The Morgan fingerprint density at radius 2 is 2.13 bits per heavy atom. The molecule has 0 N–H and O–H groups in total. The number of carbonyl (C=O) groups excluding carboxylic acids is 1. The van der Waals surface area contributed by atoms with E-state index in [0.29, 0.717) is 30.8 Å². The second-order valence-corrected chi connectivity index (χ2v) is 5.22. The molecule has 2 heterocycles. The number of benzene rings is 1. The quantitative estimate of drug-likeness (QED) is 0.625. The van der Waals surface area contributed by atoms with Gasteiger partial charge in [-0.15, -0.1) is 0 Å². The van der Waals surface area contributed by atoms with Crippen LogP contribution >= 0.6 is 0 Å². The maximum absolute atomic E-state index is 14.2. The summed E-state index contributed by atoms with van der Waals surface area (Å²) >= 11 is 0. The van der Waals surface area contributed by atoms with Crippen LogP contribution < -0.4 is 0 Å². The molecule has 0 fully saturated rings. The number of aromatic nitrogens is 2. The van der Waals surface area contributed by atoms with Crippen molar-refractivity contribution in [2.24, 2.45) is 0 Å². The van der Waals surface area contributed by atoms with E-state index in [1.165, 1.54) is 13.1 Å². The van der Waals surface area contributed by atoms with E-state index in [1.54, 1.807) is 4.90 Å². The van der Waals surface area contributed by atoms with Gasteiger partial charge in [-0.1, -0.05) is 0 Å². The third kappa shape index (κ3) is 2.54. The predicted molar refractivity (Wildman–Crippen MR) is 74.9 cm³/mol. The minimum Gasteiger partial charge on any atom is -0.338 e. The summed E-state index contributed by atoms with van der Waals surface area (Å²) in [6, 6.07) is 1.61. The topological polar surface area (TPSA) is 81.3 Å². The third-order valence-corrected chi connectivity index (χ3v) is 3.77. The Balaban J connectivity index is 2.06. The molecule has 23 heavy (non-hydrogen) atoms. The van der Waals surface area contributed by atoms with Gasteiger partial charge in [-0.2, -0.15) is 9.49 Å². The molecule has 1 amide bonds. The molecule has 0 atom stereocenters. The maximum Gasteiger partial charge on any atom is 0.307 e. The minimum atomic E-state index is -1.28. The van der Waals surface area contributed by atoms with Crippen LogP contribution in [0.4, 0.5) is 14.5 Å². The van der Waals surface area contributed by atoms with Crippen molar-refractivity contribution in [3.8, 4) is 5.69 Å². The first-order valence-corrected chi connectivity index (χ1v) is 6.84. The molecule has 1 aliphatic heterocycles. The molecule has 3 rings (SSSR count). The summed E-state index contributed by atoms with van der Waals surface area (Å²) in [7, 11) is 0. The molecule has 0 saturated carbocycles. The molecule has 0 bridgehead atoms. The summed E-state index contributed by atoms with van der Waals surface area (Å²) in [6.45, 7) is 2.21. The van der Waals surface area contributed by atoms with Crippen molar-refractivity contribution in [2.45, 2.75) is 19.9 Å². The molecule has 1 aliphatic rings. The highest BCUT2D eigenvalue weighted by Gasteiger charge is 2.26. The number of halogens is 2. The number of hydrogen-bond donors (Lipinski definition) is 0. The van der Waals surface area contributed by atoms with Crippen LogP contribution in [0.2, 0.25) is 0 Å². The second kappa shape index (κ2) is 5.41. The summed E-state index contributed by atoms with van der Waals surface area (Å²) < 4.78 is 29.2. The summed E-state index contributed by atoms with van der Waals surface area (Å²) in [6.07, 6.45) is 1.86. The van der Waals surface area contributed by atoms with Crippen molar-refractivity contribution in [2.75, 3.05) is 6.54 Å². The summed E-state index contributed by atoms with van der Waals surface area (Å²) in [5.41, 5.74) is -0.132. The highest BCUT2D eigenvalue weighted by Crippen LogP contribution is 2.27. The Hall–Kier alpha value is -2.84. The molecular weight excluding hydrogens is 310 g/mol. The standard InChI is InChI=1S/C14H12F2N4O3/c1-8(21)18-5-4-11-9(6-18)7-19(17-11)14-10(15)2-3-12(13(14)16)20(22)23/h2-3,7H,4-6H2,1H3. The van der Waals surface area contributed by atoms with Gasteiger partial charge in [-0.05, 0) is 6.07 Å². The van der Waals surface area contributed by atoms with E-state index >= 15 is 0 Å². The Bertz CT molecular complexity index is 819. The van der Waals surface area contributed by atoms with Crippen molar-refractivity contribution < 1.29 is 18.5 Å². The zero-order valence-corrected chi connectivity index (χ0v) is 12.1. The van der Waals surface area contributed by atoms with Gasteiger partial charge in [0.2, 0.25) is 11.7 Å². The normalized spacial score (nSPS) is 13.8. The highest BCUT2D eigenvalue weighted by molar-refractivity contribution is 5.73. The number of fused-ring (bicyclic) bond motifs is 1. The Kier molecular flexibility index (Phi) is 3.55. The SMILES string of the molecule is CC(=O)N1CCc2nn(-c3c(F)ccc([N+](=O)[O-])c3F)cc2C1. The van der Waals surface area contributed by atoms with Crippen LogP contribution in [0, 0.1) is 21.7 Å². The molecule has 9 heteroatoms. The largest absolute Gasteiger partial charge is 0.338 e. The van der Waals surface area contributed by atoms with Crippen molar-refractivity contribution in [3.63, 3.8) is 0 Å². The van der Waals surface area contributed by atoms with Crippen molar-refractivity contribution in [1.82, 2.24) is 14.7 Å². The average molecular weight is 322 g/mol. The van der Waals surface area contributed by atoms with Crippen molar-refractivity contribution in [3.05, 3.63) is 51.3 Å². The van der Waals surface area contributed by atoms with Crippen LogP contribution in [0.25, 0.3) is 5.69 Å². The molecule has 7 nitrogen and oxygen atoms in total. The molecule has 120 valence electrons. The Morgan fingerprint density at radius 1 is 1.39 bits per heavy atom. The third-order valence-electron chi connectivity index (χ3n) is 3.77. The monoisotopic (exact) mass is 322 g/mol. The van der Waals surface area contributed by atoms with Crippen LogP contribution in [0.1, 0.15) is 18.2 Å². The molecule has 0 aliphatic carbocycles. The molecule has 0 saturated heterocycles. The number of nitrogens with zero attached hydrogens (tertiary/aromatic N) is 4. The molecule has 1 aromatic heterocycles. The van der Waals surface area contributed by atoms with Crippen LogP contribution in [0.3, 0.4) is 0 Å². The lowest BCUT2D eigenvalue weighted by Crippen LogP contribution is -2.33. The van der Waals surface area contributed by atoms with E-state index in [4.69, 9.17) is 0 Å².